The van der Waals surface area contributed by atoms with Crippen molar-refractivity contribution in [3.8, 4) is 0 Å². The van der Waals surface area contributed by atoms with Crippen molar-refractivity contribution in [2.45, 2.75) is 64.5 Å². The number of aryl methyl sites for hydroxylation is 3. The number of hydrogen-bond donors (Lipinski definition) is 3. The molecular formula is C27H38N6O3S. The number of nitrogens with one attached hydrogen (secondary N) is 2. The van der Waals surface area contributed by atoms with Crippen LogP contribution in [-0.2, 0) is 22.4 Å². The molecular weight excluding hydrogens is 488 g/mol. The second kappa shape index (κ2) is 13.1. The lowest BCUT2D eigenvalue weighted by atomic mass is 10.1. The van der Waals surface area contributed by atoms with Crippen LogP contribution in [0.3, 0.4) is 0 Å². The first-order valence-corrected chi connectivity index (χ1v) is 14.0. The van der Waals surface area contributed by atoms with Gasteiger partial charge in [0.15, 0.2) is 0 Å². The Morgan fingerprint density at radius 2 is 2.16 bits per heavy atom. The maximum Gasteiger partial charge on any atom is 0.326 e. The number of nitrogens with zero attached hydrogens (tertiary/aromatic N) is 4. The maximum absolute atomic E-state index is 12.1. The number of carbonyl (C=O) groups is 1. The van der Waals surface area contributed by atoms with Crippen molar-refractivity contribution in [2.75, 3.05) is 43.9 Å². The zero-order valence-corrected chi connectivity index (χ0v) is 22.8. The average Bonchev–Trinajstić information content (AvgIpc) is 3.29. The lowest BCUT2D eigenvalue weighted by Gasteiger charge is -2.27. The maximum atomic E-state index is 12.1. The van der Waals surface area contributed by atoms with Gasteiger partial charge in [-0.05, 0) is 81.5 Å². The van der Waals surface area contributed by atoms with E-state index in [0.29, 0.717) is 18.8 Å². The first-order valence-electron chi connectivity index (χ1n) is 13.1. The van der Waals surface area contributed by atoms with Gasteiger partial charge in [0, 0.05) is 32.4 Å². The van der Waals surface area contributed by atoms with E-state index in [0.717, 1.165) is 72.6 Å². The van der Waals surface area contributed by atoms with Crippen LogP contribution in [0.25, 0.3) is 10.2 Å². The number of ether oxygens (including phenoxy) is 1. The smallest absolute Gasteiger partial charge is 0.326 e. The zero-order valence-electron chi connectivity index (χ0n) is 22.0. The number of thiophene rings is 1. The lowest BCUT2D eigenvalue weighted by Crippen LogP contribution is -2.38. The van der Waals surface area contributed by atoms with Crippen molar-refractivity contribution in [1.29, 1.82) is 0 Å². The molecule has 1 aliphatic heterocycles. The second-order valence-electron chi connectivity index (χ2n) is 9.79. The van der Waals surface area contributed by atoms with Crippen LogP contribution in [-0.4, -0.2) is 76.4 Å². The molecule has 0 aliphatic carbocycles. The molecule has 0 spiro atoms. The largest absolute Gasteiger partial charge is 0.480 e. The predicted molar refractivity (Wildman–Crippen MR) is 149 cm³/mol. The number of unbranched alkanes of at least 4 members (excludes halogenated alkanes) is 1. The highest BCUT2D eigenvalue weighted by Crippen LogP contribution is 2.29. The Kier molecular flexibility index (Phi) is 9.65. The molecule has 37 heavy (non-hydrogen) atoms. The lowest BCUT2D eigenvalue weighted by molar-refractivity contribution is -0.138. The quantitative estimate of drug-likeness (QED) is 0.264. The molecule has 3 aromatic heterocycles. The Balaban J connectivity index is 1.32. The van der Waals surface area contributed by atoms with E-state index in [-0.39, 0.29) is 6.10 Å². The molecule has 9 nitrogen and oxygen atoms in total. The van der Waals surface area contributed by atoms with Gasteiger partial charge < -0.3 is 25.4 Å². The molecule has 10 heteroatoms. The summed E-state index contributed by atoms with van der Waals surface area (Å²) < 4.78 is 6.39. The highest BCUT2D eigenvalue weighted by Gasteiger charge is 2.22. The summed E-state index contributed by atoms with van der Waals surface area (Å²) in [5.74, 6) is 0.747. The van der Waals surface area contributed by atoms with Crippen molar-refractivity contribution in [3.05, 3.63) is 40.7 Å². The topological polar surface area (TPSA) is 113 Å². The Hall–Kier alpha value is -2.82. The number of rotatable bonds is 14. The van der Waals surface area contributed by atoms with E-state index in [4.69, 9.17) is 9.72 Å². The van der Waals surface area contributed by atoms with Crippen molar-refractivity contribution in [3.63, 3.8) is 0 Å². The van der Waals surface area contributed by atoms with E-state index in [1.54, 1.807) is 7.11 Å². The Morgan fingerprint density at radius 1 is 1.30 bits per heavy atom. The van der Waals surface area contributed by atoms with Gasteiger partial charge in [-0.1, -0.05) is 6.07 Å². The fraction of sp³-hybridized carbons (Fsp3) is 0.556. The number of anilines is 2. The third-order valence-corrected chi connectivity index (χ3v) is 7.99. The van der Waals surface area contributed by atoms with Crippen LogP contribution in [0.4, 0.5) is 11.6 Å². The molecule has 0 aromatic carbocycles. The molecule has 4 heterocycles. The van der Waals surface area contributed by atoms with Crippen LogP contribution in [0.5, 0.6) is 0 Å². The minimum absolute atomic E-state index is 0.0696. The van der Waals surface area contributed by atoms with Gasteiger partial charge in [0.25, 0.3) is 0 Å². The summed E-state index contributed by atoms with van der Waals surface area (Å²) >= 11 is 1.53. The van der Waals surface area contributed by atoms with Gasteiger partial charge in [-0.15, -0.1) is 11.3 Å². The molecule has 2 unspecified atom stereocenters. The Bertz CT molecular complexity index is 1190. The Morgan fingerprint density at radius 3 is 2.97 bits per heavy atom. The summed E-state index contributed by atoms with van der Waals surface area (Å²) in [7, 11) is 1.71. The van der Waals surface area contributed by atoms with Crippen LogP contribution in [0, 0.1) is 6.92 Å². The van der Waals surface area contributed by atoms with E-state index < -0.39 is 12.0 Å². The normalized spacial score (nSPS) is 14.8. The number of methoxy groups -OCH3 is 1. The Labute approximate surface area is 222 Å². The number of aliphatic carboxylic acids is 1. The van der Waals surface area contributed by atoms with E-state index in [1.807, 2.05) is 19.2 Å². The minimum Gasteiger partial charge on any atom is -0.480 e. The summed E-state index contributed by atoms with van der Waals surface area (Å²) in [4.78, 5) is 27.9. The molecule has 0 radical (unpaired) electrons. The summed E-state index contributed by atoms with van der Waals surface area (Å²) in [5.41, 5.74) is 4.37. The van der Waals surface area contributed by atoms with Gasteiger partial charge in [-0.3, -0.25) is 0 Å². The monoisotopic (exact) mass is 526 g/mol. The molecule has 0 saturated heterocycles. The molecule has 0 amide bonds. The highest BCUT2D eigenvalue weighted by molar-refractivity contribution is 7.18. The molecule has 0 bridgehead atoms. The van der Waals surface area contributed by atoms with Gasteiger partial charge in [-0.2, -0.15) is 0 Å². The number of carboxylic acid groups (broad SMARTS) is 1. The van der Waals surface area contributed by atoms with Crippen molar-refractivity contribution < 1.29 is 14.6 Å². The fourth-order valence-corrected chi connectivity index (χ4v) is 5.64. The predicted octanol–water partition coefficient (Wildman–Crippen LogP) is 4.37. The van der Waals surface area contributed by atoms with Gasteiger partial charge in [0.2, 0.25) is 0 Å². The molecule has 3 aromatic rings. The van der Waals surface area contributed by atoms with Gasteiger partial charge in [-0.25, -0.2) is 19.7 Å². The van der Waals surface area contributed by atoms with Gasteiger partial charge in [0.05, 0.1) is 16.3 Å². The molecule has 0 fully saturated rings. The molecule has 1 aliphatic rings. The van der Waals surface area contributed by atoms with Crippen molar-refractivity contribution in [2.24, 2.45) is 0 Å². The van der Waals surface area contributed by atoms with Crippen LogP contribution >= 0.6 is 11.3 Å². The summed E-state index contributed by atoms with van der Waals surface area (Å²) in [6, 6.07) is 3.62. The second-order valence-corrected chi connectivity index (χ2v) is 10.7. The number of carboxylic acids is 1. The third kappa shape index (κ3) is 7.37. The van der Waals surface area contributed by atoms with Gasteiger partial charge >= 0.3 is 5.97 Å². The number of fused-ring (bicyclic) bond motifs is 2. The van der Waals surface area contributed by atoms with Crippen LogP contribution in [0.1, 0.15) is 49.4 Å². The highest BCUT2D eigenvalue weighted by atomic mass is 32.1. The number of pyridine rings is 1. The first-order chi connectivity index (χ1) is 17.9. The van der Waals surface area contributed by atoms with Gasteiger partial charge in [0.1, 0.15) is 24.0 Å². The van der Waals surface area contributed by atoms with Crippen LogP contribution in [0.2, 0.25) is 0 Å². The van der Waals surface area contributed by atoms with Crippen LogP contribution < -0.4 is 10.6 Å². The first kappa shape index (κ1) is 27.2. The summed E-state index contributed by atoms with van der Waals surface area (Å²) in [5, 5.41) is 18.5. The van der Waals surface area contributed by atoms with E-state index in [2.05, 4.69) is 37.6 Å². The minimum atomic E-state index is -0.883. The summed E-state index contributed by atoms with van der Waals surface area (Å²) in [6.07, 6.45) is 7.26. The standard InChI is InChI=1S/C27H38N6O3S/c1-18-16-37-24-23(18)29-17-30-26(24)32-22(27(34)35)11-14-33(15-19(2)36-3)13-5-4-8-21-10-9-20-7-6-12-28-25(20)31-21/h9-10,16-17,19,22H,4-8,11-15H2,1-3H3,(H,28,31)(H,34,35)(H,29,30,32). The molecule has 3 N–H and O–H groups in total. The SMILES string of the molecule is COC(C)CN(CCCCc1ccc2c(n1)NCCC2)CCC(Nc1ncnc2c(C)csc12)C(=O)O. The molecule has 2 atom stereocenters. The number of hydrogen-bond acceptors (Lipinski definition) is 9. The average molecular weight is 527 g/mol. The van der Waals surface area contributed by atoms with E-state index in [9.17, 15) is 9.90 Å². The third-order valence-electron chi connectivity index (χ3n) is 6.90. The van der Waals surface area contributed by atoms with E-state index >= 15 is 0 Å². The fourth-order valence-electron chi connectivity index (χ4n) is 4.69. The van der Waals surface area contributed by atoms with Crippen LogP contribution in [0.15, 0.2) is 23.8 Å². The molecule has 200 valence electrons. The molecule has 0 saturated carbocycles. The number of aromatic nitrogens is 3. The van der Waals surface area contributed by atoms with E-state index in [1.165, 1.54) is 29.6 Å². The van der Waals surface area contributed by atoms with Crippen molar-refractivity contribution in [1.82, 2.24) is 19.9 Å². The molecule has 4 rings (SSSR count). The zero-order chi connectivity index (χ0) is 26.2. The van der Waals surface area contributed by atoms with Crippen molar-refractivity contribution >= 4 is 39.2 Å². The summed E-state index contributed by atoms with van der Waals surface area (Å²) in [6.45, 7) is 7.32.